The number of aromatic carboxylic acids is 1. The van der Waals surface area contributed by atoms with E-state index in [9.17, 15) is 9.59 Å². The molecule has 0 aliphatic rings. The van der Waals surface area contributed by atoms with E-state index in [1.807, 2.05) is 0 Å². The minimum atomic E-state index is -1.03. The fraction of sp³-hybridized carbons (Fsp3) is 0.0909. The molecule has 0 atom stereocenters. The maximum atomic E-state index is 11.9. The van der Waals surface area contributed by atoms with Crippen molar-refractivity contribution < 1.29 is 14.7 Å². The van der Waals surface area contributed by atoms with Crippen molar-refractivity contribution >= 4 is 56.2 Å². The first-order valence-corrected chi connectivity index (χ1v) is 7.41. The number of halogens is 1. The second kappa shape index (κ2) is 5.21. The molecule has 1 amide bonds. The molecule has 0 unspecified atom stereocenters. The maximum absolute atomic E-state index is 11.9. The van der Waals surface area contributed by atoms with Crippen LogP contribution in [0.1, 0.15) is 25.6 Å². The van der Waals surface area contributed by atoms with E-state index in [2.05, 4.69) is 21.2 Å². The Morgan fingerprint density at radius 3 is 2.61 bits per heavy atom. The number of carboxylic acids is 1. The molecule has 0 saturated carbocycles. The zero-order chi connectivity index (χ0) is 13.3. The van der Waals surface area contributed by atoms with Gasteiger partial charge >= 0.3 is 5.97 Å². The van der Waals surface area contributed by atoms with Crippen molar-refractivity contribution in [3.8, 4) is 0 Å². The summed E-state index contributed by atoms with van der Waals surface area (Å²) >= 11 is 5.78. The molecular weight excluding hydrogens is 338 g/mol. The molecule has 2 aromatic heterocycles. The van der Waals surface area contributed by atoms with Crippen molar-refractivity contribution in [2.75, 3.05) is 5.32 Å². The van der Waals surface area contributed by atoms with Gasteiger partial charge < -0.3 is 10.4 Å². The van der Waals surface area contributed by atoms with Crippen molar-refractivity contribution in [2.24, 2.45) is 0 Å². The topological polar surface area (TPSA) is 66.4 Å². The summed E-state index contributed by atoms with van der Waals surface area (Å²) in [7, 11) is 0. The van der Waals surface area contributed by atoms with E-state index in [4.69, 9.17) is 5.11 Å². The Balaban J connectivity index is 2.27. The molecule has 0 aliphatic carbocycles. The van der Waals surface area contributed by atoms with Gasteiger partial charge in [-0.1, -0.05) is 0 Å². The van der Waals surface area contributed by atoms with E-state index < -0.39 is 5.97 Å². The molecule has 0 radical (unpaired) electrons. The minimum absolute atomic E-state index is 0.148. The smallest absolute Gasteiger partial charge is 0.348 e. The van der Waals surface area contributed by atoms with Crippen LogP contribution in [0.4, 0.5) is 5.69 Å². The van der Waals surface area contributed by atoms with Crippen LogP contribution in [0.15, 0.2) is 20.6 Å². The van der Waals surface area contributed by atoms with Crippen LogP contribution >= 0.6 is 38.6 Å². The summed E-state index contributed by atoms with van der Waals surface area (Å²) in [5, 5.41) is 15.1. The first-order chi connectivity index (χ1) is 8.49. The Labute approximate surface area is 119 Å². The summed E-state index contributed by atoms with van der Waals surface area (Å²) in [4.78, 5) is 23.1. The summed E-state index contributed by atoms with van der Waals surface area (Å²) in [6.45, 7) is 1.77. The van der Waals surface area contributed by atoms with E-state index in [0.29, 0.717) is 11.3 Å². The zero-order valence-electron chi connectivity index (χ0n) is 9.19. The molecule has 0 bridgehead atoms. The van der Waals surface area contributed by atoms with Gasteiger partial charge in [0.15, 0.2) is 0 Å². The van der Waals surface area contributed by atoms with Gasteiger partial charge in [-0.15, -0.1) is 22.7 Å². The first-order valence-electron chi connectivity index (χ1n) is 4.86. The largest absolute Gasteiger partial charge is 0.477 e. The molecule has 94 valence electrons. The van der Waals surface area contributed by atoms with Gasteiger partial charge in [0.1, 0.15) is 4.88 Å². The highest BCUT2D eigenvalue weighted by atomic mass is 79.9. The average molecular weight is 346 g/mol. The average Bonchev–Trinajstić information content (AvgIpc) is 2.87. The van der Waals surface area contributed by atoms with Gasteiger partial charge in [-0.3, -0.25) is 4.79 Å². The Kier molecular flexibility index (Phi) is 3.84. The third-order valence-electron chi connectivity index (χ3n) is 2.24. The van der Waals surface area contributed by atoms with Crippen LogP contribution in [0.2, 0.25) is 0 Å². The van der Waals surface area contributed by atoms with Crippen molar-refractivity contribution in [2.45, 2.75) is 6.92 Å². The second-order valence-corrected chi connectivity index (χ2v) is 6.69. The number of hydrogen-bond acceptors (Lipinski definition) is 4. The van der Waals surface area contributed by atoms with Crippen LogP contribution in [0.5, 0.6) is 0 Å². The molecule has 2 rings (SSSR count). The van der Waals surface area contributed by atoms with Gasteiger partial charge in [0, 0.05) is 5.38 Å². The Hall–Kier alpha value is -1.18. The van der Waals surface area contributed by atoms with Crippen LogP contribution in [0.25, 0.3) is 0 Å². The van der Waals surface area contributed by atoms with Crippen LogP contribution in [0.3, 0.4) is 0 Å². The summed E-state index contributed by atoms with van der Waals surface area (Å²) in [6, 6.07) is 1.70. The fourth-order valence-electron chi connectivity index (χ4n) is 1.37. The molecule has 2 aromatic rings. The van der Waals surface area contributed by atoms with Gasteiger partial charge in [0.2, 0.25) is 0 Å². The lowest BCUT2D eigenvalue weighted by molar-refractivity contribution is 0.0703. The number of rotatable bonds is 3. The number of nitrogens with one attached hydrogen (secondary N) is 1. The second-order valence-electron chi connectivity index (χ2n) is 3.52. The number of anilines is 1. The Morgan fingerprint density at radius 1 is 1.33 bits per heavy atom. The SMILES string of the molecule is Cc1csc(C(=O)O)c1NC(=O)c1csc(Br)c1. The molecule has 0 spiro atoms. The van der Waals surface area contributed by atoms with Gasteiger partial charge in [-0.2, -0.15) is 0 Å². The third kappa shape index (κ3) is 2.63. The van der Waals surface area contributed by atoms with Crippen LogP contribution in [-0.4, -0.2) is 17.0 Å². The highest BCUT2D eigenvalue weighted by molar-refractivity contribution is 9.11. The van der Waals surface area contributed by atoms with Crippen molar-refractivity contribution in [3.05, 3.63) is 36.6 Å². The van der Waals surface area contributed by atoms with Crippen molar-refractivity contribution in [3.63, 3.8) is 0 Å². The Bertz CT molecular complexity index is 618. The highest BCUT2D eigenvalue weighted by Crippen LogP contribution is 2.29. The Morgan fingerprint density at radius 2 is 2.06 bits per heavy atom. The molecule has 0 fully saturated rings. The van der Waals surface area contributed by atoms with Crippen LogP contribution < -0.4 is 5.32 Å². The summed E-state index contributed by atoms with van der Waals surface area (Å²) in [5.74, 6) is -1.34. The number of thiophene rings is 2. The predicted molar refractivity (Wildman–Crippen MR) is 76.0 cm³/mol. The predicted octanol–water partition coefficient (Wildman–Crippen LogP) is 3.83. The van der Waals surface area contributed by atoms with Crippen molar-refractivity contribution in [1.82, 2.24) is 0 Å². The number of carboxylic acid groups (broad SMARTS) is 1. The lowest BCUT2D eigenvalue weighted by Crippen LogP contribution is -2.13. The normalized spacial score (nSPS) is 10.3. The molecule has 7 heteroatoms. The minimum Gasteiger partial charge on any atom is -0.477 e. The first kappa shape index (κ1) is 13.3. The van der Waals surface area contributed by atoms with E-state index in [1.165, 1.54) is 11.3 Å². The molecular formula is C11H8BrNO3S2. The van der Waals surface area contributed by atoms with Gasteiger partial charge in [0.05, 0.1) is 15.0 Å². The van der Waals surface area contributed by atoms with E-state index in [-0.39, 0.29) is 10.8 Å². The molecule has 2 heterocycles. The molecule has 18 heavy (non-hydrogen) atoms. The van der Waals surface area contributed by atoms with Gasteiger partial charge in [-0.25, -0.2) is 4.79 Å². The lowest BCUT2D eigenvalue weighted by atomic mass is 10.2. The van der Waals surface area contributed by atoms with E-state index >= 15 is 0 Å². The quantitative estimate of drug-likeness (QED) is 0.888. The maximum Gasteiger partial charge on any atom is 0.348 e. The monoisotopic (exact) mass is 345 g/mol. The number of amides is 1. The summed E-state index contributed by atoms with van der Waals surface area (Å²) in [6.07, 6.45) is 0. The molecule has 4 nitrogen and oxygen atoms in total. The lowest BCUT2D eigenvalue weighted by Gasteiger charge is -2.04. The zero-order valence-corrected chi connectivity index (χ0v) is 12.4. The summed E-state index contributed by atoms with van der Waals surface area (Å²) < 4.78 is 0.855. The standard InChI is InChI=1S/C11H8BrNO3S2/c1-5-3-18-9(11(15)16)8(5)13-10(14)6-2-7(12)17-4-6/h2-4H,1H3,(H,13,14)(H,15,16). The summed E-state index contributed by atoms with van der Waals surface area (Å²) in [5.41, 5.74) is 1.63. The van der Waals surface area contributed by atoms with Crippen LogP contribution in [-0.2, 0) is 0 Å². The van der Waals surface area contributed by atoms with Crippen LogP contribution in [0, 0.1) is 6.92 Å². The number of hydrogen-bond donors (Lipinski definition) is 2. The molecule has 0 saturated heterocycles. The van der Waals surface area contributed by atoms with Gasteiger partial charge in [0.25, 0.3) is 5.91 Å². The molecule has 0 aliphatic heterocycles. The molecule has 0 aromatic carbocycles. The highest BCUT2D eigenvalue weighted by Gasteiger charge is 2.18. The van der Waals surface area contributed by atoms with Crippen molar-refractivity contribution in [1.29, 1.82) is 0 Å². The number of aryl methyl sites for hydroxylation is 1. The molecule has 2 N–H and O–H groups in total. The third-order valence-corrected chi connectivity index (χ3v) is 4.83. The fourth-order valence-corrected chi connectivity index (χ4v) is 3.35. The number of carbonyl (C=O) groups is 2. The number of carbonyl (C=O) groups excluding carboxylic acids is 1. The van der Waals surface area contributed by atoms with E-state index in [0.717, 1.165) is 20.7 Å². The van der Waals surface area contributed by atoms with Gasteiger partial charge in [-0.05, 0) is 39.9 Å². The van der Waals surface area contributed by atoms with E-state index in [1.54, 1.807) is 23.8 Å².